The van der Waals surface area contributed by atoms with Crippen LogP contribution in [0.5, 0.6) is 11.5 Å². The molecule has 8 heteroatoms. The maximum atomic E-state index is 6.28. The van der Waals surface area contributed by atoms with E-state index >= 15 is 0 Å². The number of rotatable bonds is 8. The number of methoxy groups -OCH3 is 1. The first-order chi connectivity index (χ1) is 13.8. The third-order valence-electron chi connectivity index (χ3n) is 5.36. The Kier molecular flexibility index (Phi) is 10.9. The molecule has 0 amide bonds. The van der Waals surface area contributed by atoms with Gasteiger partial charge in [-0.25, -0.2) is 0 Å². The predicted molar refractivity (Wildman–Crippen MR) is 127 cm³/mol. The van der Waals surface area contributed by atoms with Gasteiger partial charge in [0.2, 0.25) is 0 Å². The van der Waals surface area contributed by atoms with Crippen molar-refractivity contribution >= 4 is 29.9 Å². The second-order valence-corrected chi connectivity index (χ2v) is 7.30. The fraction of sp³-hybridized carbons (Fsp3) is 0.667. The molecular weight excluding hydrogens is 483 g/mol. The summed E-state index contributed by atoms with van der Waals surface area (Å²) in [6.07, 6.45) is 5.09. The van der Waals surface area contributed by atoms with Gasteiger partial charge in [0.15, 0.2) is 5.96 Å². The molecule has 0 aromatic heterocycles. The minimum absolute atomic E-state index is 0. The summed E-state index contributed by atoms with van der Waals surface area (Å²) in [4.78, 5) is 6.74. The van der Waals surface area contributed by atoms with Crippen LogP contribution in [0.3, 0.4) is 0 Å². The monoisotopic (exact) mass is 518 g/mol. The summed E-state index contributed by atoms with van der Waals surface area (Å²) in [6.45, 7) is 6.16. The Hall–Kier alpha value is -1.26. The van der Waals surface area contributed by atoms with Gasteiger partial charge in [-0.15, -0.1) is 24.0 Å². The molecule has 2 aliphatic rings. The van der Waals surface area contributed by atoms with Gasteiger partial charge in [0.1, 0.15) is 11.5 Å². The smallest absolute Gasteiger partial charge is 0.191 e. The Morgan fingerprint density at radius 2 is 1.97 bits per heavy atom. The molecule has 0 unspecified atom stereocenters. The van der Waals surface area contributed by atoms with Crippen molar-refractivity contribution in [3.05, 3.63) is 23.8 Å². The fourth-order valence-corrected chi connectivity index (χ4v) is 3.66. The summed E-state index contributed by atoms with van der Waals surface area (Å²) in [5.74, 6) is 2.53. The van der Waals surface area contributed by atoms with Crippen LogP contribution in [-0.4, -0.2) is 70.5 Å². The summed E-state index contributed by atoms with van der Waals surface area (Å²) < 4.78 is 17.1. The lowest BCUT2D eigenvalue weighted by atomic mass is 10.2. The highest BCUT2D eigenvalue weighted by molar-refractivity contribution is 14.0. The zero-order valence-corrected chi connectivity index (χ0v) is 19.9. The fourth-order valence-electron chi connectivity index (χ4n) is 3.66. The highest BCUT2D eigenvalue weighted by Gasteiger charge is 2.18. The summed E-state index contributed by atoms with van der Waals surface area (Å²) in [5.41, 5.74) is 1.11. The lowest BCUT2D eigenvalue weighted by Gasteiger charge is -2.26. The van der Waals surface area contributed by atoms with E-state index in [1.165, 1.54) is 12.8 Å². The average molecular weight is 518 g/mol. The maximum absolute atomic E-state index is 6.28. The van der Waals surface area contributed by atoms with Crippen LogP contribution in [0.25, 0.3) is 0 Å². The van der Waals surface area contributed by atoms with Crippen LogP contribution >= 0.6 is 24.0 Å². The molecule has 0 radical (unpaired) electrons. The molecule has 164 valence electrons. The zero-order valence-electron chi connectivity index (χ0n) is 17.6. The van der Waals surface area contributed by atoms with Crippen LogP contribution in [-0.2, 0) is 11.3 Å². The second-order valence-electron chi connectivity index (χ2n) is 7.30. The van der Waals surface area contributed by atoms with E-state index in [9.17, 15) is 0 Å². The summed E-state index contributed by atoms with van der Waals surface area (Å²) in [5, 5.41) is 6.79. The molecule has 0 spiro atoms. The summed E-state index contributed by atoms with van der Waals surface area (Å²) in [6, 6.07) is 6.04. The molecule has 29 heavy (non-hydrogen) atoms. The average Bonchev–Trinajstić information content (AvgIpc) is 3.25. The molecule has 2 N–H and O–H groups in total. The van der Waals surface area contributed by atoms with Gasteiger partial charge in [0.05, 0.1) is 26.4 Å². The highest BCUT2D eigenvalue weighted by atomic mass is 127. The number of halogens is 1. The Bertz CT molecular complexity index is 632. The maximum Gasteiger partial charge on any atom is 0.191 e. The second kappa shape index (κ2) is 13.1. The first-order valence-electron chi connectivity index (χ1n) is 10.4. The van der Waals surface area contributed by atoms with Crippen LogP contribution in [0.1, 0.15) is 31.2 Å². The number of benzene rings is 1. The van der Waals surface area contributed by atoms with Crippen molar-refractivity contribution in [1.29, 1.82) is 0 Å². The standard InChI is InChI=1S/C21H34N4O3.HI/c1-22-21(23-9-10-25-11-13-27-14-12-25)24-16-17-7-8-19(26-2)15-20(17)28-18-5-3-4-6-18;/h7-8,15,18H,3-6,9-14,16H2,1-2H3,(H2,22,23,24);1H. The predicted octanol–water partition coefficient (Wildman–Crippen LogP) is 2.63. The molecule has 2 fully saturated rings. The van der Waals surface area contributed by atoms with E-state index in [2.05, 4.69) is 26.6 Å². The Morgan fingerprint density at radius 3 is 2.66 bits per heavy atom. The summed E-state index contributed by atoms with van der Waals surface area (Å²) >= 11 is 0. The number of nitrogens with zero attached hydrogens (tertiary/aromatic N) is 2. The number of ether oxygens (including phenoxy) is 3. The van der Waals surface area contributed by atoms with Gasteiger partial charge in [-0.3, -0.25) is 9.89 Å². The Balaban J connectivity index is 0.00000300. The highest BCUT2D eigenvalue weighted by Crippen LogP contribution is 2.29. The van der Waals surface area contributed by atoms with E-state index in [0.717, 1.165) is 75.3 Å². The van der Waals surface area contributed by atoms with Gasteiger partial charge in [-0.1, -0.05) is 0 Å². The third kappa shape index (κ3) is 7.82. The topological polar surface area (TPSA) is 67.4 Å². The van der Waals surface area contributed by atoms with Crippen molar-refractivity contribution in [2.24, 2.45) is 4.99 Å². The van der Waals surface area contributed by atoms with Crippen molar-refractivity contribution in [2.75, 3.05) is 53.6 Å². The van der Waals surface area contributed by atoms with Gasteiger partial charge >= 0.3 is 0 Å². The normalized spacial score (nSPS) is 18.2. The zero-order chi connectivity index (χ0) is 19.6. The first kappa shape index (κ1) is 24.0. The number of hydrogen-bond donors (Lipinski definition) is 2. The van der Waals surface area contributed by atoms with E-state index in [-0.39, 0.29) is 24.0 Å². The van der Waals surface area contributed by atoms with Gasteiger partial charge in [0, 0.05) is 51.4 Å². The quantitative estimate of drug-likeness (QED) is 0.314. The largest absolute Gasteiger partial charge is 0.497 e. The van der Waals surface area contributed by atoms with E-state index in [4.69, 9.17) is 14.2 Å². The number of aliphatic imine (C=N–C) groups is 1. The van der Waals surface area contributed by atoms with Crippen molar-refractivity contribution < 1.29 is 14.2 Å². The number of hydrogen-bond acceptors (Lipinski definition) is 5. The molecule has 1 aromatic carbocycles. The minimum atomic E-state index is 0. The van der Waals surface area contributed by atoms with E-state index in [1.807, 2.05) is 12.1 Å². The van der Waals surface area contributed by atoms with Gasteiger partial charge in [-0.05, 0) is 37.8 Å². The van der Waals surface area contributed by atoms with Crippen LogP contribution < -0.4 is 20.1 Å². The van der Waals surface area contributed by atoms with Crippen molar-refractivity contribution in [2.45, 2.75) is 38.3 Å². The van der Waals surface area contributed by atoms with E-state index in [1.54, 1.807) is 14.2 Å². The molecule has 1 saturated carbocycles. The van der Waals surface area contributed by atoms with Crippen LogP contribution in [0.4, 0.5) is 0 Å². The molecular formula is C21H35IN4O3. The number of morpholine rings is 1. The molecule has 0 bridgehead atoms. The summed E-state index contributed by atoms with van der Waals surface area (Å²) in [7, 11) is 3.49. The molecule has 0 atom stereocenters. The molecule has 1 saturated heterocycles. The van der Waals surface area contributed by atoms with Gasteiger partial charge < -0.3 is 24.8 Å². The lowest BCUT2D eigenvalue weighted by Crippen LogP contribution is -2.44. The third-order valence-corrected chi connectivity index (χ3v) is 5.36. The number of nitrogens with one attached hydrogen (secondary N) is 2. The molecule has 1 aromatic rings. The molecule has 1 aliphatic carbocycles. The first-order valence-corrected chi connectivity index (χ1v) is 10.4. The van der Waals surface area contributed by atoms with Gasteiger partial charge in [-0.2, -0.15) is 0 Å². The van der Waals surface area contributed by atoms with E-state index < -0.39 is 0 Å². The molecule has 1 heterocycles. The number of guanidine groups is 1. The van der Waals surface area contributed by atoms with Crippen molar-refractivity contribution in [3.63, 3.8) is 0 Å². The van der Waals surface area contributed by atoms with Crippen molar-refractivity contribution in [3.8, 4) is 11.5 Å². The molecule has 7 nitrogen and oxygen atoms in total. The van der Waals surface area contributed by atoms with Crippen LogP contribution in [0, 0.1) is 0 Å². The Morgan fingerprint density at radius 1 is 1.21 bits per heavy atom. The Labute approximate surface area is 191 Å². The molecule has 1 aliphatic heterocycles. The van der Waals surface area contributed by atoms with Crippen molar-refractivity contribution in [1.82, 2.24) is 15.5 Å². The molecule has 3 rings (SSSR count). The lowest BCUT2D eigenvalue weighted by molar-refractivity contribution is 0.0389. The van der Waals surface area contributed by atoms with Crippen LogP contribution in [0.15, 0.2) is 23.2 Å². The SMILES string of the molecule is CN=C(NCCN1CCOCC1)NCc1ccc(OC)cc1OC1CCCC1.I. The minimum Gasteiger partial charge on any atom is -0.497 e. The van der Waals surface area contributed by atoms with E-state index in [0.29, 0.717) is 12.6 Å². The van der Waals surface area contributed by atoms with Gasteiger partial charge in [0.25, 0.3) is 0 Å². The van der Waals surface area contributed by atoms with Crippen LogP contribution in [0.2, 0.25) is 0 Å².